The van der Waals surface area contributed by atoms with E-state index in [-0.39, 0.29) is 24.2 Å². The predicted octanol–water partition coefficient (Wildman–Crippen LogP) is 4.24. The molecule has 0 saturated heterocycles. The fourth-order valence-electron chi connectivity index (χ4n) is 2.95. The van der Waals surface area contributed by atoms with Crippen molar-refractivity contribution in [1.29, 1.82) is 0 Å². The van der Waals surface area contributed by atoms with E-state index in [2.05, 4.69) is 10.4 Å². The van der Waals surface area contributed by atoms with E-state index in [0.29, 0.717) is 16.4 Å². The van der Waals surface area contributed by atoms with Crippen LogP contribution >= 0.6 is 11.6 Å². The van der Waals surface area contributed by atoms with Gasteiger partial charge < -0.3 is 5.32 Å². The topological polar surface area (TPSA) is 46.9 Å². The summed E-state index contributed by atoms with van der Waals surface area (Å²) >= 11 is 6.14. The van der Waals surface area contributed by atoms with Gasteiger partial charge in [-0.05, 0) is 18.9 Å². The molecule has 1 amide bonds. The lowest BCUT2D eigenvalue weighted by atomic mass is 9.89. The Morgan fingerprint density at radius 3 is 2.78 bits per heavy atom. The van der Waals surface area contributed by atoms with Gasteiger partial charge in [-0.2, -0.15) is 5.10 Å². The summed E-state index contributed by atoms with van der Waals surface area (Å²) in [6, 6.07) is 6.53. The Hall–Kier alpha value is -1.88. The molecule has 6 heteroatoms. The van der Waals surface area contributed by atoms with Crippen LogP contribution in [0.25, 0.3) is 0 Å². The zero-order valence-electron chi connectivity index (χ0n) is 12.8. The molecule has 1 aromatic carbocycles. The number of rotatable bonds is 4. The lowest BCUT2D eigenvalue weighted by molar-refractivity contribution is -0.120. The average Bonchev–Trinajstić information content (AvgIpc) is 2.90. The Bertz CT molecular complexity index is 695. The molecule has 0 unspecified atom stereocenters. The summed E-state index contributed by atoms with van der Waals surface area (Å²) in [5, 5.41) is 7.44. The van der Waals surface area contributed by atoms with Crippen LogP contribution in [-0.2, 0) is 11.3 Å². The van der Waals surface area contributed by atoms with Gasteiger partial charge in [-0.1, -0.05) is 49.1 Å². The van der Waals surface area contributed by atoms with E-state index >= 15 is 0 Å². The first kappa shape index (κ1) is 16.0. The van der Waals surface area contributed by atoms with Crippen LogP contribution in [0.1, 0.15) is 37.7 Å². The summed E-state index contributed by atoms with van der Waals surface area (Å²) in [5.41, 5.74) is 0.525. The molecule has 0 spiro atoms. The Kier molecular flexibility index (Phi) is 4.96. The van der Waals surface area contributed by atoms with Crippen molar-refractivity contribution in [2.75, 3.05) is 5.32 Å². The second kappa shape index (κ2) is 7.13. The zero-order valence-corrected chi connectivity index (χ0v) is 13.5. The minimum Gasteiger partial charge on any atom is -0.308 e. The minimum atomic E-state index is -0.285. The molecule has 1 saturated carbocycles. The standard InChI is InChI=1S/C17H19ClFN3O/c18-14-11-22(10-13-8-4-5-9-15(13)19)21-16(14)20-17(23)12-6-2-1-3-7-12/h4-5,8-9,11-12H,1-3,6-7,10H2,(H,20,21,23). The van der Waals surface area contributed by atoms with E-state index in [4.69, 9.17) is 11.6 Å². The maximum Gasteiger partial charge on any atom is 0.228 e. The van der Waals surface area contributed by atoms with Gasteiger partial charge in [-0.15, -0.1) is 0 Å². The molecular formula is C17H19ClFN3O. The van der Waals surface area contributed by atoms with Gasteiger partial charge in [0.1, 0.15) is 10.8 Å². The summed E-state index contributed by atoms with van der Waals surface area (Å²) in [4.78, 5) is 12.3. The van der Waals surface area contributed by atoms with Crippen LogP contribution in [0.4, 0.5) is 10.2 Å². The van der Waals surface area contributed by atoms with E-state index < -0.39 is 0 Å². The normalized spacial score (nSPS) is 15.6. The Morgan fingerprint density at radius 2 is 2.04 bits per heavy atom. The highest BCUT2D eigenvalue weighted by atomic mass is 35.5. The number of anilines is 1. The van der Waals surface area contributed by atoms with Gasteiger partial charge in [0.25, 0.3) is 0 Å². The van der Waals surface area contributed by atoms with Gasteiger partial charge in [0.05, 0.1) is 6.54 Å². The highest BCUT2D eigenvalue weighted by Gasteiger charge is 2.22. The molecule has 1 fully saturated rings. The number of benzene rings is 1. The van der Waals surface area contributed by atoms with Crippen molar-refractivity contribution in [2.45, 2.75) is 38.6 Å². The molecule has 0 radical (unpaired) electrons. The van der Waals surface area contributed by atoms with Crippen LogP contribution in [0.2, 0.25) is 5.02 Å². The number of carbonyl (C=O) groups excluding carboxylic acids is 1. The van der Waals surface area contributed by atoms with Crippen molar-refractivity contribution in [3.63, 3.8) is 0 Å². The summed E-state index contributed by atoms with van der Waals surface area (Å²) in [6.45, 7) is 0.270. The third kappa shape index (κ3) is 3.91. The number of hydrogen-bond donors (Lipinski definition) is 1. The number of halogens is 2. The molecule has 3 rings (SSSR count). The van der Waals surface area contributed by atoms with Crippen molar-refractivity contribution < 1.29 is 9.18 Å². The van der Waals surface area contributed by atoms with Gasteiger partial charge in [0.15, 0.2) is 5.82 Å². The molecule has 122 valence electrons. The highest BCUT2D eigenvalue weighted by Crippen LogP contribution is 2.26. The summed E-state index contributed by atoms with van der Waals surface area (Å²) in [5.74, 6) is 0.0739. The molecule has 1 aliphatic rings. The number of nitrogens with zero attached hydrogens (tertiary/aromatic N) is 2. The average molecular weight is 336 g/mol. The smallest absolute Gasteiger partial charge is 0.228 e. The minimum absolute atomic E-state index is 0.0252. The zero-order chi connectivity index (χ0) is 16.2. The van der Waals surface area contributed by atoms with Crippen molar-refractivity contribution in [3.8, 4) is 0 Å². The largest absolute Gasteiger partial charge is 0.308 e. The molecule has 0 bridgehead atoms. The number of aromatic nitrogens is 2. The number of amides is 1. The summed E-state index contributed by atoms with van der Waals surface area (Å²) < 4.78 is 15.2. The fourth-order valence-corrected chi connectivity index (χ4v) is 3.15. The first-order chi connectivity index (χ1) is 11.1. The molecule has 0 atom stereocenters. The van der Waals surface area contributed by atoms with Gasteiger partial charge >= 0.3 is 0 Å². The van der Waals surface area contributed by atoms with Crippen molar-refractivity contribution in [3.05, 3.63) is 46.9 Å². The van der Waals surface area contributed by atoms with Gasteiger partial charge in [-0.3, -0.25) is 9.48 Å². The molecule has 1 aliphatic carbocycles. The molecule has 1 heterocycles. The van der Waals surface area contributed by atoms with E-state index in [9.17, 15) is 9.18 Å². The number of carbonyl (C=O) groups is 1. The molecule has 1 N–H and O–H groups in total. The van der Waals surface area contributed by atoms with Crippen molar-refractivity contribution in [1.82, 2.24) is 9.78 Å². The predicted molar refractivity (Wildman–Crippen MR) is 87.9 cm³/mol. The lowest BCUT2D eigenvalue weighted by Crippen LogP contribution is -2.25. The number of hydrogen-bond acceptors (Lipinski definition) is 2. The third-order valence-electron chi connectivity index (χ3n) is 4.22. The van der Waals surface area contributed by atoms with E-state index in [1.54, 1.807) is 24.4 Å². The summed E-state index contributed by atoms with van der Waals surface area (Å²) in [6.07, 6.45) is 6.81. The molecule has 23 heavy (non-hydrogen) atoms. The van der Waals surface area contributed by atoms with Crippen LogP contribution in [0.3, 0.4) is 0 Å². The maximum atomic E-state index is 13.7. The van der Waals surface area contributed by atoms with Crippen molar-refractivity contribution >= 4 is 23.3 Å². The third-order valence-corrected chi connectivity index (χ3v) is 4.50. The first-order valence-corrected chi connectivity index (χ1v) is 8.28. The number of nitrogens with one attached hydrogen (secondary N) is 1. The quantitative estimate of drug-likeness (QED) is 0.908. The van der Waals surface area contributed by atoms with Gasteiger partial charge in [-0.25, -0.2) is 4.39 Å². The molecule has 4 nitrogen and oxygen atoms in total. The Labute approximate surface area is 139 Å². The monoisotopic (exact) mass is 335 g/mol. The maximum absolute atomic E-state index is 13.7. The molecule has 0 aliphatic heterocycles. The van der Waals surface area contributed by atoms with Crippen LogP contribution < -0.4 is 5.32 Å². The molecular weight excluding hydrogens is 317 g/mol. The van der Waals surface area contributed by atoms with Crippen LogP contribution in [0, 0.1) is 11.7 Å². The first-order valence-electron chi connectivity index (χ1n) is 7.90. The van der Waals surface area contributed by atoms with Gasteiger partial charge in [0.2, 0.25) is 5.91 Å². The van der Waals surface area contributed by atoms with E-state index in [1.807, 2.05) is 0 Å². The van der Waals surface area contributed by atoms with E-state index in [1.165, 1.54) is 17.2 Å². The molecule has 2 aromatic rings. The highest BCUT2D eigenvalue weighted by molar-refractivity contribution is 6.33. The summed E-state index contributed by atoms with van der Waals surface area (Å²) in [7, 11) is 0. The van der Waals surface area contributed by atoms with Crippen LogP contribution in [0.5, 0.6) is 0 Å². The Balaban J connectivity index is 1.68. The van der Waals surface area contributed by atoms with Gasteiger partial charge in [0, 0.05) is 17.7 Å². The lowest BCUT2D eigenvalue weighted by Gasteiger charge is -2.20. The Morgan fingerprint density at radius 1 is 1.30 bits per heavy atom. The molecule has 1 aromatic heterocycles. The fraction of sp³-hybridized carbons (Fsp3) is 0.412. The van der Waals surface area contributed by atoms with E-state index in [0.717, 1.165) is 25.7 Å². The SMILES string of the molecule is O=C(Nc1nn(Cc2ccccc2F)cc1Cl)C1CCCCC1. The van der Waals surface area contributed by atoms with Crippen molar-refractivity contribution in [2.24, 2.45) is 5.92 Å². The van der Waals surface area contributed by atoms with Crippen LogP contribution in [0.15, 0.2) is 30.5 Å². The second-order valence-electron chi connectivity index (χ2n) is 5.94. The van der Waals surface area contributed by atoms with Crippen LogP contribution in [-0.4, -0.2) is 15.7 Å². The second-order valence-corrected chi connectivity index (χ2v) is 6.35.